The van der Waals surface area contributed by atoms with Crippen LogP contribution in [-0.4, -0.2) is 18.4 Å². The number of nitrogens with zero attached hydrogens (tertiary/aromatic N) is 1. The Kier molecular flexibility index (Phi) is 4.66. The van der Waals surface area contributed by atoms with Gasteiger partial charge in [-0.3, -0.25) is 9.59 Å². The highest BCUT2D eigenvalue weighted by molar-refractivity contribution is 9.10. The van der Waals surface area contributed by atoms with Crippen LogP contribution >= 0.6 is 15.9 Å². The largest absolute Gasteiger partial charge is 0.323 e. The van der Waals surface area contributed by atoms with Gasteiger partial charge in [-0.1, -0.05) is 22.0 Å². The summed E-state index contributed by atoms with van der Waals surface area (Å²) in [6, 6.07) is 11.9. The van der Waals surface area contributed by atoms with E-state index in [0.717, 1.165) is 15.7 Å². The molecule has 24 heavy (non-hydrogen) atoms. The highest BCUT2D eigenvalue weighted by atomic mass is 79.9. The minimum Gasteiger partial charge on any atom is -0.323 e. The van der Waals surface area contributed by atoms with E-state index in [4.69, 9.17) is 0 Å². The zero-order chi connectivity index (χ0) is 17.3. The summed E-state index contributed by atoms with van der Waals surface area (Å²) in [6.45, 7) is 2.11. The molecule has 1 fully saturated rings. The number of carbonyl (C=O) groups is 2. The molecule has 1 aliphatic rings. The van der Waals surface area contributed by atoms with E-state index in [1.165, 1.54) is 6.07 Å². The topological polar surface area (TPSA) is 49.4 Å². The summed E-state index contributed by atoms with van der Waals surface area (Å²) in [5.74, 6) is -1.43. The lowest BCUT2D eigenvalue weighted by atomic mass is 10.1. The van der Waals surface area contributed by atoms with Crippen LogP contribution in [0.15, 0.2) is 46.9 Å². The van der Waals surface area contributed by atoms with Crippen molar-refractivity contribution in [3.63, 3.8) is 0 Å². The van der Waals surface area contributed by atoms with Crippen molar-refractivity contribution >= 4 is 39.1 Å². The molecule has 1 atom stereocenters. The van der Waals surface area contributed by atoms with Gasteiger partial charge >= 0.3 is 0 Å². The number of amides is 2. The van der Waals surface area contributed by atoms with E-state index in [0.29, 0.717) is 6.54 Å². The summed E-state index contributed by atoms with van der Waals surface area (Å²) in [5.41, 5.74) is 1.75. The Hall–Kier alpha value is -2.21. The maximum Gasteiger partial charge on any atom is 0.229 e. The van der Waals surface area contributed by atoms with Crippen LogP contribution in [0.1, 0.15) is 12.0 Å². The number of rotatable bonds is 3. The van der Waals surface area contributed by atoms with Gasteiger partial charge in [0.15, 0.2) is 0 Å². The summed E-state index contributed by atoms with van der Waals surface area (Å²) in [6.07, 6.45) is 0.120. The normalized spacial score (nSPS) is 17.2. The van der Waals surface area contributed by atoms with Crippen LogP contribution in [0.3, 0.4) is 0 Å². The van der Waals surface area contributed by atoms with E-state index < -0.39 is 11.7 Å². The lowest BCUT2D eigenvalue weighted by molar-refractivity contribution is -0.122. The highest BCUT2D eigenvalue weighted by Crippen LogP contribution is 2.27. The summed E-state index contributed by atoms with van der Waals surface area (Å²) in [7, 11) is 0. The molecule has 2 amide bonds. The van der Waals surface area contributed by atoms with E-state index >= 15 is 0 Å². The van der Waals surface area contributed by atoms with Crippen molar-refractivity contribution in [2.75, 3.05) is 16.8 Å². The molecule has 0 radical (unpaired) electrons. The molecule has 1 heterocycles. The molecule has 0 spiro atoms. The monoisotopic (exact) mass is 390 g/mol. The first-order valence-electron chi connectivity index (χ1n) is 7.57. The Bertz CT molecular complexity index is 792. The average Bonchev–Trinajstić information content (AvgIpc) is 2.94. The molecule has 0 aliphatic carbocycles. The first-order chi connectivity index (χ1) is 11.4. The van der Waals surface area contributed by atoms with E-state index in [1.807, 2.05) is 31.2 Å². The van der Waals surface area contributed by atoms with Gasteiger partial charge in [-0.25, -0.2) is 4.39 Å². The van der Waals surface area contributed by atoms with Crippen LogP contribution in [-0.2, 0) is 9.59 Å². The Labute approximate surface area is 147 Å². The van der Waals surface area contributed by atoms with Crippen molar-refractivity contribution in [1.82, 2.24) is 0 Å². The molecule has 1 aliphatic heterocycles. The Balaban J connectivity index is 1.72. The lowest BCUT2D eigenvalue weighted by Crippen LogP contribution is -2.28. The fourth-order valence-electron chi connectivity index (χ4n) is 2.72. The van der Waals surface area contributed by atoms with Crippen molar-refractivity contribution < 1.29 is 14.0 Å². The number of halogens is 2. The maximum atomic E-state index is 13.8. The third-order valence-electron chi connectivity index (χ3n) is 4.01. The number of nitrogens with one attached hydrogen (secondary N) is 1. The standard InChI is InChI=1S/C18H16BrFN2O2/c1-11-2-7-15(20)16(8-11)21-18(24)12-9-17(23)22(10-12)14-5-3-13(19)4-6-14/h2-8,12H,9-10H2,1H3,(H,21,24)/t12-/m1/s1. The Morgan fingerprint density at radius 3 is 2.67 bits per heavy atom. The molecule has 1 N–H and O–H groups in total. The molecule has 6 heteroatoms. The van der Waals surface area contributed by atoms with E-state index in [9.17, 15) is 14.0 Å². The molecule has 2 aromatic rings. The summed E-state index contributed by atoms with van der Waals surface area (Å²) < 4.78 is 14.7. The Morgan fingerprint density at radius 2 is 1.96 bits per heavy atom. The zero-order valence-electron chi connectivity index (χ0n) is 13.1. The van der Waals surface area contributed by atoms with E-state index in [-0.39, 0.29) is 23.9 Å². The third-order valence-corrected chi connectivity index (χ3v) is 4.54. The zero-order valence-corrected chi connectivity index (χ0v) is 14.6. The second-order valence-corrected chi connectivity index (χ2v) is 6.77. The lowest BCUT2D eigenvalue weighted by Gasteiger charge is -2.17. The van der Waals surface area contributed by atoms with Gasteiger partial charge in [0.25, 0.3) is 0 Å². The number of benzene rings is 2. The van der Waals surface area contributed by atoms with Crippen LogP contribution in [0.4, 0.5) is 15.8 Å². The number of aryl methyl sites for hydroxylation is 1. The Morgan fingerprint density at radius 1 is 1.25 bits per heavy atom. The number of hydrogen-bond donors (Lipinski definition) is 1. The summed E-state index contributed by atoms with van der Waals surface area (Å²) in [4.78, 5) is 26.2. The van der Waals surface area contributed by atoms with E-state index in [1.54, 1.807) is 17.0 Å². The van der Waals surface area contributed by atoms with Crippen LogP contribution in [0.5, 0.6) is 0 Å². The van der Waals surface area contributed by atoms with Crippen molar-refractivity contribution in [2.45, 2.75) is 13.3 Å². The van der Waals surface area contributed by atoms with Gasteiger partial charge < -0.3 is 10.2 Å². The molecule has 124 valence electrons. The number of carbonyl (C=O) groups excluding carboxylic acids is 2. The van der Waals surface area contributed by atoms with Gasteiger partial charge in [-0.05, 0) is 48.9 Å². The van der Waals surface area contributed by atoms with Crippen molar-refractivity contribution in [2.24, 2.45) is 5.92 Å². The average molecular weight is 391 g/mol. The molecule has 0 aromatic heterocycles. The second-order valence-electron chi connectivity index (χ2n) is 5.85. The second kappa shape index (κ2) is 6.73. The molecular weight excluding hydrogens is 375 g/mol. The predicted octanol–water partition coefficient (Wildman–Crippen LogP) is 3.89. The molecule has 4 nitrogen and oxygen atoms in total. The summed E-state index contributed by atoms with van der Waals surface area (Å²) in [5, 5.41) is 2.59. The summed E-state index contributed by atoms with van der Waals surface area (Å²) >= 11 is 3.35. The molecular formula is C18H16BrFN2O2. The molecule has 1 saturated heterocycles. The first-order valence-corrected chi connectivity index (χ1v) is 8.36. The SMILES string of the molecule is Cc1ccc(F)c(NC(=O)[C@@H]2CC(=O)N(c3ccc(Br)cc3)C2)c1. The molecule has 0 bridgehead atoms. The first kappa shape index (κ1) is 16.6. The van der Waals surface area contributed by atoms with Gasteiger partial charge in [-0.15, -0.1) is 0 Å². The fourth-order valence-corrected chi connectivity index (χ4v) is 2.99. The van der Waals surface area contributed by atoms with Crippen molar-refractivity contribution in [1.29, 1.82) is 0 Å². The molecule has 0 saturated carbocycles. The van der Waals surface area contributed by atoms with Crippen molar-refractivity contribution in [3.8, 4) is 0 Å². The molecule has 0 unspecified atom stereocenters. The van der Waals surface area contributed by atoms with Gasteiger partial charge in [0.2, 0.25) is 11.8 Å². The molecule has 3 rings (SSSR count). The third kappa shape index (κ3) is 3.48. The number of hydrogen-bond acceptors (Lipinski definition) is 2. The quantitative estimate of drug-likeness (QED) is 0.863. The van der Waals surface area contributed by atoms with Crippen LogP contribution in [0.2, 0.25) is 0 Å². The smallest absolute Gasteiger partial charge is 0.229 e. The van der Waals surface area contributed by atoms with Gasteiger partial charge in [0, 0.05) is 23.1 Å². The minimum atomic E-state index is -0.499. The van der Waals surface area contributed by atoms with Gasteiger partial charge in [-0.2, -0.15) is 0 Å². The van der Waals surface area contributed by atoms with Gasteiger partial charge in [0.05, 0.1) is 11.6 Å². The van der Waals surface area contributed by atoms with Crippen molar-refractivity contribution in [3.05, 3.63) is 58.3 Å². The molecule has 2 aromatic carbocycles. The predicted molar refractivity (Wildman–Crippen MR) is 94.4 cm³/mol. The minimum absolute atomic E-state index is 0.109. The van der Waals surface area contributed by atoms with Gasteiger partial charge in [0.1, 0.15) is 5.82 Å². The highest BCUT2D eigenvalue weighted by Gasteiger charge is 2.35. The maximum absolute atomic E-state index is 13.8. The van der Waals surface area contributed by atoms with E-state index in [2.05, 4.69) is 21.2 Å². The fraction of sp³-hybridized carbons (Fsp3) is 0.222. The van der Waals surface area contributed by atoms with Crippen LogP contribution in [0, 0.1) is 18.7 Å². The van der Waals surface area contributed by atoms with Crippen LogP contribution < -0.4 is 10.2 Å². The van der Waals surface area contributed by atoms with Crippen LogP contribution in [0.25, 0.3) is 0 Å². The number of anilines is 2.